The zero-order valence-electron chi connectivity index (χ0n) is 11.9. The van der Waals surface area contributed by atoms with Crippen LogP contribution in [-0.2, 0) is 9.53 Å². The molecule has 1 aromatic rings. The van der Waals surface area contributed by atoms with Gasteiger partial charge in [-0.2, -0.15) is 0 Å². The summed E-state index contributed by atoms with van der Waals surface area (Å²) in [6.07, 6.45) is 0. The molecule has 1 aliphatic rings. The average Bonchev–Trinajstić information content (AvgIpc) is 2.46. The molecular weight excluding hydrogens is 306 g/mol. The predicted octanol–water partition coefficient (Wildman–Crippen LogP) is 1.81. The second kappa shape index (κ2) is 6.52. The number of nitro groups is 1. The van der Waals surface area contributed by atoms with E-state index in [1.807, 2.05) is 0 Å². The summed E-state index contributed by atoms with van der Waals surface area (Å²) >= 11 is 5.08. The molecule has 1 aliphatic heterocycles. The molecule has 116 valence electrons. The maximum absolute atomic E-state index is 12.2. The molecular formula is C14H15N3O4S. The van der Waals surface area contributed by atoms with Crippen LogP contribution in [0.1, 0.15) is 18.5 Å². The van der Waals surface area contributed by atoms with Crippen LogP contribution in [-0.4, -0.2) is 22.6 Å². The lowest BCUT2D eigenvalue weighted by atomic mass is 9.89. The molecule has 0 bridgehead atoms. The highest BCUT2D eigenvalue weighted by molar-refractivity contribution is 7.80. The number of thiocarbonyl (C=S) groups is 1. The molecule has 0 amide bonds. The molecule has 2 N–H and O–H groups in total. The van der Waals surface area contributed by atoms with Crippen molar-refractivity contribution in [3.05, 3.63) is 52.2 Å². The second-order valence-electron chi connectivity index (χ2n) is 4.68. The lowest BCUT2D eigenvalue weighted by Crippen LogP contribution is -2.51. The number of rotatable bonds is 4. The van der Waals surface area contributed by atoms with Crippen molar-refractivity contribution >= 4 is 29.0 Å². The van der Waals surface area contributed by atoms with Gasteiger partial charge in [0.25, 0.3) is 5.69 Å². The van der Waals surface area contributed by atoms with Crippen LogP contribution in [0, 0.1) is 16.0 Å². The fraction of sp³-hybridized carbons (Fsp3) is 0.286. The van der Waals surface area contributed by atoms with Crippen LogP contribution in [0.2, 0.25) is 0 Å². The van der Waals surface area contributed by atoms with E-state index in [0.717, 1.165) is 0 Å². The molecule has 0 saturated carbocycles. The summed E-state index contributed by atoms with van der Waals surface area (Å²) in [5.41, 5.74) is 0.910. The van der Waals surface area contributed by atoms with E-state index in [1.54, 1.807) is 19.1 Å². The van der Waals surface area contributed by atoms with Crippen molar-refractivity contribution in [2.75, 3.05) is 6.61 Å². The number of hydrogen-bond donors (Lipinski definition) is 2. The Labute approximate surface area is 132 Å². The van der Waals surface area contributed by atoms with Gasteiger partial charge in [-0.1, -0.05) is 18.7 Å². The van der Waals surface area contributed by atoms with E-state index in [2.05, 4.69) is 17.2 Å². The molecule has 2 unspecified atom stereocenters. The molecule has 2 atom stereocenters. The fourth-order valence-electron chi connectivity index (χ4n) is 2.30. The summed E-state index contributed by atoms with van der Waals surface area (Å²) in [6, 6.07) is 5.48. The third-order valence-corrected chi connectivity index (χ3v) is 3.47. The molecule has 0 aliphatic carbocycles. The summed E-state index contributed by atoms with van der Waals surface area (Å²) in [6.45, 7) is 5.75. The maximum atomic E-state index is 12.2. The minimum Gasteiger partial charge on any atom is -0.465 e. The van der Waals surface area contributed by atoms with Crippen molar-refractivity contribution in [3.8, 4) is 0 Å². The molecule has 1 saturated heterocycles. The quantitative estimate of drug-likeness (QED) is 0.378. The molecule has 1 heterocycles. The molecule has 0 radical (unpaired) electrons. The number of carbonyl (C=O) groups excluding carboxylic acids is 1. The molecule has 1 aromatic carbocycles. The first-order chi connectivity index (χ1) is 10.4. The predicted molar refractivity (Wildman–Crippen MR) is 84.0 cm³/mol. The maximum Gasteiger partial charge on any atom is 0.317 e. The highest BCUT2D eigenvalue weighted by Crippen LogP contribution is 2.31. The first-order valence-corrected chi connectivity index (χ1v) is 7.02. The molecule has 7 nitrogen and oxygen atoms in total. The van der Waals surface area contributed by atoms with Gasteiger partial charge in [-0.3, -0.25) is 14.9 Å². The average molecular weight is 321 g/mol. The van der Waals surface area contributed by atoms with Gasteiger partial charge in [0.15, 0.2) is 5.11 Å². The fourth-order valence-corrected chi connectivity index (χ4v) is 2.56. The van der Waals surface area contributed by atoms with E-state index in [1.165, 1.54) is 12.1 Å². The van der Waals surface area contributed by atoms with Gasteiger partial charge in [0.2, 0.25) is 0 Å². The Bertz CT molecular complexity index is 647. The van der Waals surface area contributed by atoms with Gasteiger partial charge in [-0.05, 0) is 24.7 Å². The number of ether oxygens (including phenoxy) is 1. The number of hydrogen-bond acceptors (Lipinski definition) is 5. The highest BCUT2D eigenvalue weighted by atomic mass is 32.1. The third-order valence-electron chi connectivity index (χ3n) is 3.25. The molecule has 0 aromatic heterocycles. The molecule has 22 heavy (non-hydrogen) atoms. The van der Waals surface area contributed by atoms with Gasteiger partial charge in [0.05, 0.1) is 17.6 Å². The SMILES string of the molecule is C=C1NC(=S)NC(c2cccc([N+](=O)[O-])c2)C1C(=O)OCC. The second-order valence-corrected chi connectivity index (χ2v) is 5.09. The van der Waals surface area contributed by atoms with Crippen LogP contribution < -0.4 is 10.6 Å². The summed E-state index contributed by atoms with van der Waals surface area (Å²) in [4.78, 5) is 22.6. The summed E-state index contributed by atoms with van der Waals surface area (Å²) in [5, 5.41) is 17.0. The topological polar surface area (TPSA) is 93.5 Å². The van der Waals surface area contributed by atoms with Gasteiger partial charge >= 0.3 is 5.97 Å². The Morgan fingerprint density at radius 2 is 2.27 bits per heavy atom. The van der Waals surface area contributed by atoms with Crippen molar-refractivity contribution in [1.29, 1.82) is 0 Å². The third kappa shape index (κ3) is 3.22. The number of benzene rings is 1. The van der Waals surface area contributed by atoms with E-state index in [4.69, 9.17) is 17.0 Å². The number of nitrogens with zero attached hydrogens (tertiary/aromatic N) is 1. The van der Waals surface area contributed by atoms with Gasteiger partial charge in [0, 0.05) is 17.8 Å². The van der Waals surface area contributed by atoms with Crippen molar-refractivity contribution in [2.45, 2.75) is 13.0 Å². The van der Waals surface area contributed by atoms with Crippen LogP contribution in [0.4, 0.5) is 5.69 Å². The first-order valence-electron chi connectivity index (χ1n) is 6.61. The normalized spacial score (nSPS) is 20.8. The Hall–Kier alpha value is -2.48. The van der Waals surface area contributed by atoms with Gasteiger partial charge in [-0.25, -0.2) is 0 Å². The Morgan fingerprint density at radius 1 is 1.55 bits per heavy atom. The first kappa shape index (κ1) is 15.9. The van der Waals surface area contributed by atoms with Crippen molar-refractivity contribution in [3.63, 3.8) is 0 Å². The van der Waals surface area contributed by atoms with Crippen LogP contribution >= 0.6 is 12.2 Å². The number of carbonyl (C=O) groups is 1. The minimum absolute atomic E-state index is 0.0584. The molecule has 0 spiro atoms. The Balaban J connectivity index is 2.40. The molecule has 2 rings (SSSR count). The summed E-state index contributed by atoms with van der Waals surface area (Å²) < 4.78 is 5.06. The van der Waals surface area contributed by atoms with E-state index in [-0.39, 0.29) is 12.3 Å². The van der Waals surface area contributed by atoms with Crippen LogP contribution in [0.15, 0.2) is 36.5 Å². The highest BCUT2D eigenvalue weighted by Gasteiger charge is 2.38. The lowest BCUT2D eigenvalue weighted by molar-refractivity contribution is -0.384. The van der Waals surface area contributed by atoms with E-state index < -0.39 is 22.9 Å². The summed E-state index contributed by atoms with van der Waals surface area (Å²) in [5.74, 6) is -1.19. The van der Waals surface area contributed by atoms with Crippen LogP contribution in [0.5, 0.6) is 0 Å². The Morgan fingerprint density at radius 3 is 2.91 bits per heavy atom. The number of esters is 1. The van der Waals surface area contributed by atoms with Crippen LogP contribution in [0.3, 0.4) is 0 Å². The molecule has 8 heteroatoms. The standard InChI is InChI=1S/C14H15N3O4S/c1-3-21-13(18)11-8(2)15-14(22)16-12(11)9-5-4-6-10(7-9)17(19)20/h4-7,11-12H,2-3H2,1H3,(H2,15,16,22). The van der Waals surface area contributed by atoms with Crippen molar-refractivity contribution in [2.24, 2.45) is 5.92 Å². The van der Waals surface area contributed by atoms with Crippen LogP contribution in [0.25, 0.3) is 0 Å². The van der Waals surface area contributed by atoms with E-state index in [9.17, 15) is 14.9 Å². The largest absolute Gasteiger partial charge is 0.465 e. The zero-order valence-corrected chi connectivity index (χ0v) is 12.7. The Kier molecular flexibility index (Phi) is 4.71. The zero-order chi connectivity index (χ0) is 16.3. The lowest BCUT2D eigenvalue weighted by Gasteiger charge is -2.34. The monoisotopic (exact) mass is 321 g/mol. The smallest absolute Gasteiger partial charge is 0.317 e. The molecule has 1 fully saturated rings. The minimum atomic E-state index is -0.728. The number of nitro benzene ring substituents is 1. The summed E-state index contributed by atoms with van der Waals surface area (Å²) in [7, 11) is 0. The van der Waals surface area contributed by atoms with E-state index in [0.29, 0.717) is 16.4 Å². The van der Waals surface area contributed by atoms with Crippen molar-refractivity contribution in [1.82, 2.24) is 10.6 Å². The van der Waals surface area contributed by atoms with Gasteiger partial charge < -0.3 is 15.4 Å². The van der Waals surface area contributed by atoms with E-state index >= 15 is 0 Å². The number of non-ortho nitro benzene ring substituents is 1. The van der Waals surface area contributed by atoms with Gasteiger partial charge in [-0.15, -0.1) is 0 Å². The van der Waals surface area contributed by atoms with Gasteiger partial charge in [0.1, 0.15) is 5.92 Å². The van der Waals surface area contributed by atoms with Crippen molar-refractivity contribution < 1.29 is 14.5 Å². The number of nitrogens with one attached hydrogen (secondary N) is 2.